The van der Waals surface area contributed by atoms with Gasteiger partial charge in [0.05, 0.1) is 5.69 Å². The second-order valence-electron chi connectivity index (χ2n) is 6.00. The first-order valence-electron chi connectivity index (χ1n) is 7.00. The lowest BCUT2D eigenvalue weighted by atomic mass is 10.2. The molecule has 1 aliphatic heterocycles. The van der Waals surface area contributed by atoms with Crippen molar-refractivity contribution in [1.82, 2.24) is 10.0 Å². The molecule has 1 aromatic rings. The van der Waals surface area contributed by atoms with Gasteiger partial charge in [0.2, 0.25) is 6.17 Å². The topological polar surface area (TPSA) is 74.6 Å². The number of ether oxygens (including phenoxy) is 1. The summed E-state index contributed by atoms with van der Waals surface area (Å²) >= 11 is 0. The van der Waals surface area contributed by atoms with E-state index in [0.717, 1.165) is 0 Å². The summed E-state index contributed by atoms with van der Waals surface area (Å²) in [7, 11) is 1.61. The van der Waals surface area contributed by atoms with Crippen molar-refractivity contribution in [1.29, 1.82) is 0 Å². The highest BCUT2D eigenvalue weighted by molar-refractivity contribution is 5.90. The van der Waals surface area contributed by atoms with Crippen LogP contribution < -0.4 is 0 Å². The predicted molar refractivity (Wildman–Crippen MR) is 80.5 cm³/mol. The second kappa shape index (κ2) is 6.23. The Morgan fingerprint density at radius 3 is 2.50 bits per heavy atom. The van der Waals surface area contributed by atoms with Crippen molar-refractivity contribution in [3.63, 3.8) is 0 Å². The first-order chi connectivity index (χ1) is 10.3. The molecule has 1 aromatic carbocycles. The molecule has 0 radical (unpaired) electrons. The molecule has 1 atom stereocenters. The van der Waals surface area contributed by atoms with Gasteiger partial charge >= 0.3 is 6.09 Å². The van der Waals surface area contributed by atoms with E-state index in [-0.39, 0.29) is 12.3 Å². The summed E-state index contributed by atoms with van der Waals surface area (Å²) in [4.78, 5) is 24.1. The molecule has 1 unspecified atom stereocenters. The second-order valence-corrected chi connectivity index (χ2v) is 6.00. The highest BCUT2D eigenvalue weighted by Gasteiger charge is 2.41. The van der Waals surface area contributed by atoms with Crippen molar-refractivity contribution in [2.24, 2.45) is 10.2 Å². The SMILES string of the molecule is CN1C(/N=N/c2ccccc2)C(=O)CN1C(=O)OC(C)(C)C. The maximum Gasteiger partial charge on any atom is 0.425 e. The molecule has 0 N–H and O–H groups in total. The van der Waals surface area contributed by atoms with Crippen molar-refractivity contribution in [2.45, 2.75) is 32.5 Å². The highest BCUT2D eigenvalue weighted by Crippen LogP contribution is 2.20. The maximum atomic E-state index is 12.1. The fourth-order valence-corrected chi connectivity index (χ4v) is 1.94. The first-order valence-corrected chi connectivity index (χ1v) is 7.00. The van der Waals surface area contributed by atoms with E-state index in [0.29, 0.717) is 5.69 Å². The van der Waals surface area contributed by atoms with E-state index >= 15 is 0 Å². The zero-order valence-corrected chi connectivity index (χ0v) is 13.2. The van der Waals surface area contributed by atoms with Gasteiger partial charge in [0.15, 0.2) is 5.78 Å². The first kappa shape index (κ1) is 16.1. The predicted octanol–water partition coefficient (Wildman–Crippen LogP) is 2.76. The average Bonchev–Trinajstić information content (AvgIpc) is 2.71. The number of ketones is 1. The number of hydrazine groups is 1. The van der Waals surface area contributed by atoms with E-state index in [9.17, 15) is 9.59 Å². The van der Waals surface area contributed by atoms with Gasteiger partial charge in [-0.25, -0.2) is 9.80 Å². The summed E-state index contributed by atoms with van der Waals surface area (Å²) in [5.41, 5.74) is 0.0318. The molecular formula is C15H20N4O3. The number of hydrogen-bond donors (Lipinski definition) is 0. The standard InChI is InChI=1S/C15H20N4O3/c1-15(2,3)22-14(21)19-10-12(20)13(18(19)4)17-16-11-8-6-5-7-9-11/h5-9,13H,10H2,1-4H3/b17-16+. The van der Waals surface area contributed by atoms with Crippen LogP contribution in [0.4, 0.5) is 10.5 Å². The molecule has 1 aliphatic rings. The molecule has 1 amide bonds. The minimum absolute atomic E-state index is 0.0656. The van der Waals surface area contributed by atoms with Gasteiger partial charge in [-0.1, -0.05) is 18.2 Å². The maximum absolute atomic E-state index is 12.1. The lowest BCUT2D eigenvalue weighted by Gasteiger charge is -2.28. The van der Waals surface area contributed by atoms with E-state index < -0.39 is 17.9 Å². The Kier molecular flexibility index (Phi) is 4.56. The Labute approximate surface area is 129 Å². The summed E-state index contributed by atoms with van der Waals surface area (Å²) in [5.74, 6) is -0.201. The van der Waals surface area contributed by atoms with Crippen molar-refractivity contribution < 1.29 is 14.3 Å². The number of amides is 1. The number of rotatable bonds is 2. The third kappa shape index (κ3) is 3.88. The molecule has 0 aliphatic carbocycles. The van der Waals surface area contributed by atoms with Crippen molar-refractivity contribution in [2.75, 3.05) is 13.6 Å². The molecule has 22 heavy (non-hydrogen) atoms. The van der Waals surface area contributed by atoms with Gasteiger partial charge in [0, 0.05) is 7.05 Å². The molecule has 2 rings (SSSR count). The van der Waals surface area contributed by atoms with Gasteiger partial charge in [0.25, 0.3) is 0 Å². The molecule has 1 fully saturated rings. The van der Waals surface area contributed by atoms with Crippen LogP contribution in [0.15, 0.2) is 40.6 Å². The lowest BCUT2D eigenvalue weighted by molar-refractivity contribution is -0.118. The molecule has 0 aromatic heterocycles. The quantitative estimate of drug-likeness (QED) is 0.787. The number of likely N-dealkylation sites (N-methyl/N-ethyl adjacent to an activating group) is 1. The van der Waals surface area contributed by atoms with Crippen LogP contribution in [0, 0.1) is 0 Å². The zero-order chi connectivity index (χ0) is 16.3. The normalized spacial score (nSPS) is 19.9. The molecule has 7 heteroatoms. The minimum Gasteiger partial charge on any atom is -0.443 e. The minimum atomic E-state index is -0.812. The van der Waals surface area contributed by atoms with Gasteiger partial charge < -0.3 is 4.74 Å². The Bertz CT molecular complexity index is 580. The molecule has 0 bridgehead atoms. The largest absolute Gasteiger partial charge is 0.443 e. The Morgan fingerprint density at radius 1 is 1.27 bits per heavy atom. The number of Topliss-reactive ketones (excluding diaryl/α,β-unsaturated/α-hetero) is 1. The smallest absolute Gasteiger partial charge is 0.425 e. The van der Waals surface area contributed by atoms with E-state index in [1.165, 1.54) is 10.0 Å². The molecule has 118 valence electrons. The summed E-state index contributed by atoms with van der Waals surface area (Å²) in [6, 6.07) is 9.11. The molecule has 0 saturated carbocycles. The summed E-state index contributed by atoms with van der Waals surface area (Å²) in [6.45, 7) is 5.25. The van der Waals surface area contributed by atoms with Crippen LogP contribution >= 0.6 is 0 Å². The highest BCUT2D eigenvalue weighted by atomic mass is 16.6. The van der Waals surface area contributed by atoms with Crippen LogP contribution in [0.25, 0.3) is 0 Å². The average molecular weight is 304 g/mol. The van der Waals surface area contributed by atoms with Crippen molar-refractivity contribution in [3.05, 3.63) is 30.3 Å². The van der Waals surface area contributed by atoms with Crippen LogP contribution in [0.3, 0.4) is 0 Å². The third-order valence-corrected chi connectivity index (χ3v) is 2.97. The van der Waals surface area contributed by atoms with E-state index in [1.54, 1.807) is 40.0 Å². The van der Waals surface area contributed by atoms with Gasteiger partial charge in [-0.2, -0.15) is 15.2 Å². The monoisotopic (exact) mass is 304 g/mol. The number of nitrogens with zero attached hydrogens (tertiary/aromatic N) is 4. The van der Waals surface area contributed by atoms with E-state index in [2.05, 4.69) is 10.2 Å². The number of carbonyl (C=O) groups is 2. The third-order valence-electron chi connectivity index (χ3n) is 2.97. The number of hydrogen-bond acceptors (Lipinski definition) is 6. The van der Waals surface area contributed by atoms with Crippen molar-refractivity contribution >= 4 is 17.6 Å². The van der Waals surface area contributed by atoms with Crippen LogP contribution in [-0.2, 0) is 9.53 Å². The molecule has 0 spiro atoms. The number of azo groups is 1. The summed E-state index contributed by atoms with van der Waals surface area (Å²) < 4.78 is 5.27. The molecule has 1 saturated heterocycles. The van der Waals surface area contributed by atoms with Gasteiger partial charge in [-0.3, -0.25) is 4.79 Å². The lowest BCUT2D eigenvalue weighted by Crippen LogP contribution is -2.44. The zero-order valence-electron chi connectivity index (χ0n) is 13.2. The van der Waals surface area contributed by atoms with E-state index in [1.807, 2.05) is 18.2 Å². The van der Waals surface area contributed by atoms with E-state index in [4.69, 9.17) is 4.74 Å². The summed E-state index contributed by atoms with van der Waals surface area (Å²) in [5, 5.41) is 10.8. The van der Waals surface area contributed by atoms with Crippen LogP contribution in [-0.4, -0.2) is 47.3 Å². The molecular weight excluding hydrogens is 284 g/mol. The number of carbonyl (C=O) groups excluding carboxylic acids is 2. The Hall–Kier alpha value is -2.28. The van der Waals surface area contributed by atoms with Gasteiger partial charge in [0.1, 0.15) is 12.1 Å². The molecule has 1 heterocycles. The van der Waals surface area contributed by atoms with Gasteiger partial charge in [-0.15, -0.1) is 0 Å². The van der Waals surface area contributed by atoms with Crippen molar-refractivity contribution in [3.8, 4) is 0 Å². The Morgan fingerprint density at radius 2 is 1.91 bits per heavy atom. The molecule has 7 nitrogen and oxygen atoms in total. The van der Waals surface area contributed by atoms with Crippen LogP contribution in [0.2, 0.25) is 0 Å². The number of benzene rings is 1. The van der Waals surface area contributed by atoms with Gasteiger partial charge in [-0.05, 0) is 32.9 Å². The Balaban J connectivity index is 2.07. The fraction of sp³-hybridized carbons (Fsp3) is 0.467. The fourth-order valence-electron chi connectivity index (χ4n) is 1.94. The van der Waals surface area contributed by atoms with Crippen LogP contribution in [0.1, 0.15) is 20.8 Å². The van der Waals surface area contributed by atoms with Crippen LogP contribution in [0.5, 0.6) is 0 Å². The summed E-state index contributed by atoms with van der Waals surface area (Å²) in [6.07, 6.45) is -1.38.